The number of carbonyl (C=O) groups excluding carboxylic acids is 2. The summed E-state index contributed by atoms with van der Waals surface area (Å²) >= 11 is 0. The summed E-state index contributed by atoms with van der Waals surface area (Å²) in [5, 5.41) is 3.81. The van der Waals surface area contributed by atoms with Crippen molar-refractivity contribution in [3.63, 3.8) is 0 Å². The van der Waals surface area contributed by atoms with E-state index in [1.54, 1.807) is 19.1 Å². The monoisotopic (exact) mass is 328 g/mol. The summed E-state index contributed by atoms with van der Waals surface area (Å²) in [6.45, 7) is 1.57. The molecule has 24 heavy (non-hydrogen) atoms. The number of rotatable bonds is 4. The standard InChI is InChI=1S/C17H13FN2O4/c1-9-14(15(20-24-9)11-5-3-4-6-12(11)18)16(21)10-7-13(19-8-10)17(22)23-2/h3-8,19H,1-2H3. The lowest BCUT2D eigenvalue weighted by atomic mass is 9.99. The van der Waals surface area contributed by atoms with Gasteiger partial charge in [-0.05, 0) is 25.1 Å². The Kier molecular flexibility index (Phi) is 3.99. The van der Waals surface area contributed by atoms with Crippen molar-refractivity contribution >= 4 is 11.8 Å². The Morgan fingerprint density at radius 3 is 2.75 bits per heavy atom. The van der Waals surface area contributed by atoms with Gasteiger partial charge in [0.1, 0.15) is 23.0 Å². The second-order valence-electron chi connectivity index (χ2n) is 5.06. The molecule has 0 aliphatic heterocycles. The maximum absolute atomic E-state index is 14.0. The van der Waals surface area contributed by atoms with E-state index < -0.39 is 17.6 Å². The summed E-state index contributed by atoms with van der Waals surface area (Å²) in [5.41, 5.74) is 0.801. The zero-order valence-corrected chi connectivity index (χ0v) is 12.9. The molecule has 0 aliphatic rings. The molecule has 0 saturated heterocycles. The number of carbonyl (C=O) groups is 2. The third kappa shape index (κ3) is 2.60. The summed E-state index contributed by atoms with van der Waals surface area (Å²) in [5.74, 6) is -1.27. The van der Waals surface area contributed by atoms with Crippen LogP contribution in [-0.4, -0.2) is 29.0 Å². The summed E-state index contributed by atoms with van der Waals surface area (Å²) in [4.78, 5) is 26.9. The maximum Gasteiger partial charge on any atom is 0.354 e. The Morgan fingerprint density at radius 2 is 2.04 bits per heavy atom. The van der Waals surface area contributed by atoms with Gasteiger partial charge in [-0.15, -0.1) is 0 Å². The Bertz CT molecular complexity index is 926. The minimum Gasteiger partial charge on any atom is -0.464 e. The van der Waals surface area contributed by atoms with Crippen molar-refractivity contribution in [2.75, 3.05) is 7.11 Å². The highest BCUT2D eigenvalue weighted by Gasteiger charge is 2.25. The summed E-state index contributed by atoms with van der Waals surface area (Å²) in [6.07, 6.45) is 1.38. The molecule has 0 saturated carbocycles. The molecule has 3 aromatic rings. The number of methoxy groups -OCH3 is 1. The van der Waals surface area contributed by atoms with Crippen molar-refractivity contribution in [1.29, 1.82) is 0 Å². The highest BCUT2D eigenvalue weighted by atomic mass is 19.1. The van der Waals surface area contributed by atoms with E-state index in [0.29, 0.717) is 0 Å². The Hall–Kier alpha value is -3.22. The molecule has 122 valence electrons. The zero-order chi connectivity index (χ0) is 17.3. The Morgan fingerprint density at radius 1 is 1.29 bits per heavy atom. The predicted octanol–water partition coefficient (Wildman–Crippen LogP) is 3.13. The third-order valence-electron chi connectivity index (χ3n) is 3.57. The van der Waals surface area contributed by atoms with Gasteiger partial charge in [-0.3, -0.25) is 4.79 Å². The van der Waals surface area contributed by atoms with Crippen LogP contribution in [0.4, 0.5) is 4.39 Å². The SMILES string of the molecule is COC(=O)c1cc(C(=O)c2c(-c3ccccc3F)noc2C)c[nH]1. The lowest BCUT2D eigenvalue weighted by Crippen LogP contribution is -2.04. The van der Waals surface area contributed by atoms with Gasteiger partial charge in [-0.2, -0.15) is 0 Å². The molecule has 0 amide bonds. The summed E-state index contributed by atoms with van der Waals surface area (Å²) in [6, 6.07) is 7.34. The van der Waals surface area contributed by atoms with Crippen molar-refractivity contribution in [3.8, 4) is 11.3 Å². The highest BCUT2D eigenvalue weighted by Crippen LogP contribution is 2.29. The molecular formula is C17H13FN2O4. The molecule has 1 aromatic carbocycles. The van der Waals surface area contributed by atoms with Crippen molar-refractivity contribution in [2.24, 2.45) is 0 Å². The van der Waals surface area contributed by atoms with Crippen molar-refractivity contribution in [3.05, 3.63) is 64.9 Å². The first kappa shape index (κ1) is 15.7. The Balaban J connectivity index is 2.05. The normalized spacial score (nSPS) is 10.6. The molecule has 1 N–H and O–H groups in total. The van der Waals surface area contributed by atoms with Gasteiger partial charge < -0.3 is 14.2 Å². The van der Waals surface area contributed by atoms with Crippen molar-refractivity contribution in [1.82, 2.24) is 10.1 Å². The lowest BCUT2D eigenvalue weighted by Gasteiger charge is -2.02. The Labute approximate surface area is 136 Å². The van der Waals surface area contributed by atoms with E-state index in [0.717, 1.165) is 0 Å². The lowest BCUT2D eigenvalue weighted by molar-refractivity contribution is 0.0595. The van der Waals surface area contributed by atoms with Crippen LogP contribution in [0.1, 0.15) is 32.2 Å². The van der Waals surface area contributed by atoms with E-state index in [2.05, 4.69) is 14.9 Å². The highest BCUT2D eigenvalue weighted by molar-refractivity contribution is 6.13. The van der Waals surface area contributed by atoms with Gasteiger partial charge >= 0.3 is 5.97 Å². The number of hydrogen-bond acceptors (Lipinski definition) is 5. The van der Waals surface area contributed by atoms with Gasteiger partial charge in [-0.25, -0.2) is 9.18 Å². The van der Waals surface area contributed by atoms with E-state index in [1.165, 1.54) is 31.5 Å². The number of hydrogen-bond donors (Lipinski definition) is 1. The fraction of sp³-hybridized carbons (Fsp3) is 0.118. The zero-order valence-electron chi connectivity index (χ0n) is 12.9. The molecule has 0 fully saturated rings. The second-order valence-corrected chi connectivity index (χ2v) is 5.06. The fourth-order valence-corrected chi connectivity index (χ4v) is 2.37. The molecule has 0 aliphatic carbocycles. The minimum atomic E-state index is -0.592. The predicted molar refractivity (Wildman–Crippen MR) is 82.2 cm³/mol. The molecule has 2 heterocycles. The fourth-order valence-electron chi connectivity index (χ4n) is 2.37. The van der Waals surface area contributed by atoms with Crippen LogP contribution in [0.15, 0.2) is 41.1 Å². The molecule has 0 radical (unpaired) electrons. The molecular weight excluding hydrogens is 315 g/mol. The van der Waals surface area contributed by atoms with E-state index in [-0.39, 0.29) is 33.8 Å². The van der Waals surface area contributed by atoms with Crippen LogP contribution in [0.2, 0.25) is 0 Å². The van der Waals surface area contributed by atoms with Gasteiger partial charge in [0.05, 0.1) is 12.7 Å². The molecule has 0 unspecified atom stereocenters. The first-order chi connectivity index (χ1) is 11.5. The van der Waals surface area contributed by atoms with Gasteiger partial charge in [0.2, 0.25) is 0 Å². The number of ether oxygens (including phenoxy) is 1. The second kappa shape index (κ2) is 6.11. The first-order valence-electron chi connectivity index (χ1n) is 7.05. The van der Waals surface area contributed by atoms with Crippen LogP contribution in [0.5, 0.6) is 0 Å². The number of nitrogens with one attached hydrogen (secondary N) is 1. The van der Waals surface area contributed by atoms with Gasteiger partial charge in [0.15, 0.2) is 5.78 Å². The van der Waals surface area contributed by atoms with Gasteiger partial charge in [-0.1, -0.05) is 17.3 Å². The molecule has 0 spiro atoms. The van der Waals surface area contributed by atoms with Crippen LogP contribution in [0.3, 0.4) is 0 Å². The van der Waals surface area contributed by atoms with Crippen molar-refractivity contribution in [2.45, 2.75) is 6.92 Å². The number of aromatic amines is 1. The topological polar surface area (TPSA) is 85.2 Å². The number of aromatic nitrogens is 2. The van der Waals surface area contributed by atoms with Crippen LogP contribution < -0.4 is 0 Å². The number of H-pyrrole nitrogens is 1. The van der Waals surface area contributed by atoms with E-state index in [4.69, 9.17) is 4.52 Å². The maximum atomic E-state index is 14.0. The number of benzene rings is 1. The van der Waals surface area contributed by atoms with E-state index >= 15 is 0 Å². The molecule has 6 nitrogen and oxygen atoms in total. The number of halogens is 1. The number of ketones is 1. The quantitative estimate of drug-likeness (QED) is 0.587. The average molecular weight is 328 g/mol. The molecule has 0 atom stereocenters. The van der Waals surface area contributed by atoms with E-state index in [1.807, 2.05) is 0 Å². The molecule has 0 bridgehead atoms. The van der Waals surface area contributed by atoms with Crippen LogP contribution in [0, 0.1) is 12.7 Å². The number of nitrogens with zero attached hydrogens (tertiary/aromatic N) is 1. The molecule has 2 aromatic heterocycles. The largest absolute Gasteiger partial charge is 0.464 e. The smallest absolute Gasteiger partial charge is 0.354 e. The molecule has 3 rings (SSSR count). The third-order valence-corrected chi connectivity index (χ3v) is 3.57. The molecule has 7 heteroatoms. The van der Waals surface area contributed by atoms with Crippen LogP contribution in [-0.2, 0) is 4.74 Å². The van der Waals surface area contributed by atoms with Gasteiger partial charge in [0, 0.05) is 17.3 Å². The van der Waals surface area contributed by atoms with Crippen LogP contribution >= 0.6 is 0 Å². The first-order valence-corrected chi connectivity index (χ1v) is 7.05. The summed E-state index contributed by atoms with van der Waals surface area (Å²) < 4.78 is 23.7. The van der Waals surface area contributed by atoms with Gasteiger partial charge in [0.25, 0.3) is 0 Å². The van der Waals surface area contributed by atoms with E-state index in [9.17, 15) is 14.0 Å². The number of aryl methyl sites for hydroxylation is 1. The minimum absolute atomic E-state index is 0.122. The average Bonchev–Trinajstić information content (AvgIpc) is 3.21. The summed E-state index contributed by atoms with van der Waals surface area (Å²) in [7, 11) is 1.24. The van der Waals surface area contributed by atoms with Crippen LogP contribution in [0.25, 0.3) is 11.3 Å². The van der Waals surface area contributed by atoms with Crippen molar-refractivity contribution < 1.29 is 23.2 Å². The number of esters is 1.